The summed E-state index contributed by atoms with van der Waals surface area (Å²) >= 11 is 0. The number of nitrogens with two attached hydrogens (primary N) is 1. The van der Waals surface area contributed by atoms with E-state index >= 15 is 0 Å². The fourth-order valence-corrected chi connectivity index (χ4v) is 2.03. The van der Waals surface area contributed by atoms with Gasteiger partial charge in [-0.05, 0) is 19.0 Å². The Kier molecular flexibility index (Phi) is 6.52. The Labute approximate surface area is 84.6 Å². The second-order valence-electron chi connectivity index (χ2n) is 3.00. The molecule has 0 spiro atoms. The molecule has 3 N–H and O–H groups in total. The molecule has 1 unspecified atom stereocenters. The molecule has 0 aliphatic heterocycles. The summed E-state index contributed by atoms with van der Waals surface area (Å²) in [6.45, 7) is 1.96. The third-order valence-electron chi connectivity index (χ3n) is 1.93. The van der Waals surface area contributed by atoms with Crippen LogP contribution < -0.4 is 5.73 Å². The van der Waals surface area contributed by atoms with Gasteiger partial charge in [0.05, 0.1) is 5.25 Å². The molecule has 14 heavy (non-hydrogen) atoms. The molecule has 0 aromatic carbocycles. The Balaban J connectivity index is 4.38. The summed E-state index contributed by atoms with van der Waals surface area (Å²) in [5.74, 6) is 0. The number of hydrogen-bond acceptors (Lipinski definition) is 5. The predicted molar refractivity (Wildman–Crippen MR) is 53.9 cm³/mol. The average molecular weight is 223 g/mol. The van der Waals surface area contributed by atoms with E-state index in [1.165, 1.54) is 12.3 Å². The lowest BCUT2D eigenvalue weighted by Crippen LogP contribution is -2.22. The first-order valence-corrected chi connectivity index (χ1v) is 5.99. The Hall–Kier alpha value is -0.590. The fraction of sp³-hybridized carbons (Fsp3) is 0.750. The maximum absolute atomic E-state index is 11.2. The van der Waals surface area contributed by atoms with Crippen LogP contribution >= 0.6 is 0 Å². The topological polar surface area (TPSA) is 89.6 Å². The highest BCUT2D eigenvalue weighted by Crippen LogP contribution is 2.15. The molecule has 0 aliphatic rings. The van der Waals surface area contributed by atoms with Gasteiger partial charge in [0.15, 0.2) is 0 Å². The summed E-state index contributed by atoms with van der Waals surface area (Å²) in [6, 6.07) is 0. The van der Waals surface area contributed by atoms with Gasteiger partial charge in [0.2, 0.25) is 0 Å². The minimum atomic E-state index is -3.86. The van der Waals surface area contributed by atoms with Gasteiger partial charge in [-0.1, -0.05) is 25.8 Å². The van der Waals surface area contributed by atoms with E-state index in [0.717, 1.165) is 12.8 Å². The third-order valence-corrected chi connectivity index (χ3v) is 3.38. The molecule has 0 heterocycles. The zero-order valence-electron chi connectivity index (χ0n) is 8.22. The van der Waals surface area contributed by atoms with Crippen molar-refractivity contribution >= 4 is 10.1 Å². The molecule has 0 aromatic rings. The molecule has 0 saturated heterocycles. The van der Waals surface area contributed by atoms with Crippen molar-refractivity contribution in [3.63, 3.8) is 0 Å². The van der Waals surface area contributed by atoms with E-state index in [9.17, 15) is 8.42 Å². The van der Waals surface area contributed by atoms with E-state index in [-0.39, 0.29) is 6.42 Å². The van der Waals surface area contributed by atoms with E-state index in [0.29, 0.717) is 6.42 Å². The van der Waals surface area contributed by atoms with Crippen molar-refractivity contribution in [1.82, 2.24) is 0 Å². The van der Waals surface area contributed by atoms with Gasteiger partial charge in [0.25, 0.3) is 10.1 Å². The lowest BCUT2D eigenvalue weighted by molar-refractivity contribution is -0.131. The van der Waals surface area contributed by atoms with Crippen molar-refractivity contribution in [3.05, 3.63) is 12.3 Å². The van der Waals surface area contributed by atoms with Gasteiger partial charge in [-0.25, -0.2) is 5.26 Å². The summed E-state index contributed by atoms with van der Waals surface area (Å²) in [5.41, 5.74) is 5.11. The van der Waals surface area contributed by atoms with Crippen molar-refractivity contribution in [2.75, 3.05) is 0 Å². The lowest BCUT2D eigenvalue weighted by Gasteiger charge is -2.11. The lowest BCUT2D eigenvalue weighted by atomic mass is 10.1. The van der Waals surface area contributed by atoms with Crippen LogP contribution in [-0.4, -0.2) is 18.9 Å². The van der Waals surface area contributed by atoms with Crippen LogP contribution in [0, 0.1) is 0 Å². The summed E-state index contributed by atoms with van der Waals surface area (Å²) in [5, 5.41) is 7.50. The molecule has 0 rings (SSSR count). The molecular formula is C8H17NO4S. The van der Waals surface area contributed by atoms with Crippen LogP contribution in [-0.2, 0) is 14.5 Å². The largest absolute Gasteiger partial charge is 0.405 e. The second kappa shape index (κ2) is 6.80. The van der Waals surface area contributed by atoms with Gasteiger partial charge in [-0.2, -0.15) is 8.42 Å². The SMILES string of the molecule is CCCCC(CC=CN)S(=O)(=O)OO. The van der Waals surface area contributed by atoms with Gasteiger partial charge in [-0.3, -0.25) is 0 Å². The first-order chi connectivity index (χ1) is 6.58. The quantitative estimate of drug-likeness (QED) is 0.500. The summed E-state index contributed by atoms with van der Waals surface area (Å²) in [4.78, 5) is 0. The molecular weight excluding hydrogens is 206 g/mol. The Bertz CT molecular complexity index is 261. The number of hydrogen-bond donors (Lipinski definition) is 2. The van der Waals surface area contributed by atoms with Crippen molar-refractivity contribution in [2.24, 2.45) is 5.73 Å². The smallest absolute Gasteiger partial charge is 0.296 e. The van der Waals surface area contributed by atoms with Gasteiger partial charge in [0, 0.05) is 0 Å². The van der Waals surface area contributed by atoms with Crippen molar-refractivity contribution in [2.45, 2.75) is 37.9 Å². The van der Waals surface area contributed by atoms with Gasteiger partial charge >= 0.3 is 0 Å². The minimum absolute atomic E-state index is 0.263. The molecule has 0 bridgehead atoms. The Morgan fingerprint density at radius 2 is 2.21 bits per heavy atom. The zero-order valence-corrected chi connectivity index (χ0v) is 9.03. The van der Waals surface area contributed by atoms with E-state index in [1.54, 1.807) is 0 Å². The molecule has 0 fully saturated rings. The van der Waals surface area contributed by atoms with Crippen molar-refractivity contribution in [3.8, 4) is 0 Å². The predicted octanol–water partition coefficient (Wildman–Crippen LogP) is 1.23. The van der Waals surface area contributed by atoms with Gasteiger partial charge < -0.3 is 5.73 Å². The molecule has 0 aromatic heterocycles. The highest BCUT2D eigenvalue weighted by Gasteiger charge is 2.24. The van der Waals surface area contributed by atoms with Crippen molar-refractivity contribution < 1.29 is 18.0 Å². The summed E-state index contributed by atoms with van der Waals surface area (Å²) in [7, 11) is -3.86. The van der Waals surface area contributed by atoms with Crippen LogP contribution in [0.3, 0.4) is 0 Å². The van der Waals surface area contributed by atoms with E-state index in [1.807, 2.05) is 6.92 Å². The standard InChI is InChI=1S/C8H17NO4S/c1-2-3-5-8(6-4-7-9)14(11,12)13-10/h4,7-8,10H,2-3,5-6,9H2,1H3. The Morgan fingerprint density at radius 1 is 1.57 bits per heavy atom. The van der Waals surface area contributed by atoms with Crippen LogP contribution in [0.1, 0.15) is 32.6 Å². The normalized spacial score (nSPS) is 14.7. The fourth-order valence-electron chi connectivity index (χ4n) is 1.10. The molecule has 0 saturated carbocycles. The van der Waals surface area contributed by atoms with Crippen LogP contribution in [0.2, 0.25) is 0 Å². The van der Waals surface area contributed by atoms with Crippen LogP contribution in [0.5, 0.6) is 0 Å². The molecule has 1 atom stereocenters. The van der Waals surface area contributed by atoms with E-state index in [4.69, 9.17) is 11.0 Å². The van der Waals surface area contributed by atoms with Crippen LogP contribution in [0.4, 0.5) is 0 Å². The van der Waals surface area contributed by atoms with Gasteiger partial charge in [-0.15, -0.1) is 4.33 Å². The highest BCUT2D eigenvalue weighted by molar-refractivity contribution is 7.87. The number of allylic oxidation sites excluding steroid dienone is 1. The monoisotopic (exact) mass is 223 g/mol. The van der Waals surface area contributed by atoms with Crippen LogP contribution in [0.15, 0.2) is 12.3 Å². The van der Waals surface area contributed by atoms with E-state index in [2.05, 4.69) is 4.33 Å². The van der Waals surface area contributed by atoms with Crippen molar-refractivity contribution in [1.29, 1.82) is 0 Å². The zero-order chi connectivity index (χ0) is 11.0. The summed E-state index contributed by atoms with van der Waals surface area (Å²) in [6.07, 6.45) is 5.21. The first kappa shape index (κ1) is 13.4. The molecule has 0 amide bonds. The van der Waals surface area contributed by atoms with Crippen LogP contribution in [0.25, 0.3) is 0 Å². The molecule has 0 aliphatic carbocycles. The van der Waals surface area contributed by atoms with Gasteiger partial charge in [0.1, 0.15) is 0 Å². The summed E-state index contributed by atoms with van der Waals surface area (Å²) < 4.78 is 25.8. The number of unbranched alkanes of at least 4 members (excludes halogenated alkanes) is 1. The maximum atomic E-state index is 11.2. The molecule has 6 heteroatoms. The molecule has 0 radical (unpaired) electrons. The average Bonchev–Trinajstić information content (AvgIpc) is 2.17. The molecule has 84 valence electrons. The second-order valence-corrected chi connectivity index (χ2v) is 4.80. The first-order valence-electron chi connectivity index (χ1n) is 4.52. The minimum Gasteiger partial charge on any atom is -0.405 e. The third kappa shape index (κ3) is 4.59. The van der Waals surface area contributed by atoms with E-state index < -0.39 is 15.4 Å². The Morgan fingerprint density at radius 3 is 2.64 bits per heavy atom. The number of rotatable bonds is 7. The molecule has 5 nitrogen and oxygen atoms in total. The highest BCUT2D eigenvalue weighted by atomic mass is 32.2. The maximum Gasteiger partial charge on any atom is 0.296 e.